The predicted molar refractivity (Wildman–Crippen MR) is 104 cm³/mol. The molecule has 27 heavy (non-hydrogen) atoms. The summed E-state index contributed by atoms with van der Waals surface area (Å²) in [6.45, 7) is 2.56. The fourth-order valence-corrected chi connectivity index (χ4v) is 2.52. The molecule has 1 aromatic carbocycles. The van der Waals surface area contributed by atoms with Crippen molar-refractivity contribution in [3.05, 3.63) is 40.3 Å². The first-order valence-corrected chi connectivity index (χ1v) is 8.79. The maximum absolute atomic E-state index is 12.5. The maximum atomic E-state index is 12.5. The number of hydrogen-bond acceptors (Lipinski definition) is 6. The summed E-state index contributed by atoms with van der Waals surface area (Å²) in [5.74, 6) is -0.819. The van der Waals surface area contributed by atoms with Crippen molar-refractivity contribution in [1.82, 2.24) is 25.9 Å². The van der Waals surface area contributed by atoms with E-state index in [1.54, 1.807) is 31.2 Å². The van der Waals surface area contributed by atoms with E-state index in [-0.39, 0.29) is 28.8 Å². The molecule has 0 bridgehead atoms. The van der Waals surface area contributed by atoms with Crippen molar-refractivity contribution in [1.29, 1.82) is 0 Å². The van der Waals surface area contributed by atoms with Crippen molar-refractivity contribution < 1.29 is 14.3 Å². The molecule has 0 spiro atoms. The van der Waals surface area contributed by atoms with Crippen molar-refractivity contribution in [2.45, 2.75) is 26.3 Å². The zero-order valence-electron chi connectivity index (χ0n) is 15.1. The van der Waals surface area contributed by atoms with Crippen molar-refractivity contribution in [2.24, 2.45) is 0 Å². The van der Waals surface area contributed by atoms with Gasteiger partial charge in [0.05, 0.1) is 12.5 Å². The highest BCUT2D eigenvalue weighted by atomic mass is 32.1. The minimum Gasteiger partial charge on any atom is -0.469 e. The number of rotatable bonds is 6. The lowest BCUT2D eigenvalue weighted by Crippen LogP contribution is -2.47. The highest BCUT2D eigenvalue weighted by molar-refractivity contribution is 7.80. The van der Waals surface area contributed by atoms with E-state index in [1.807, 2.05) is 0 Å². The van der Waals surface area contributed by atoms with Gasteiger partial charge in [-0.05, 0) is 31.6 Å². The third-order valence-electron chi connectivity index (χ3n) is 3.74. The average molecular weight is 391 g/mol. The molecule has 0 fully saturated rings. The van der Waals surface area contributed by atoms with Crippen LogP contribution in [0.15, 0.2) is 29.1 Å². The maximum Gasteiger partial charge on any atom is 0.305 e. The Morgan fingerprint density at radius 1 is 1.22 bits per heavy atom. The van der Waals surface area contributed by atoms with Gasteiger partial charge in [0.2, 0.25) is 0 Å². The van der Waals surface area contributed by atoms with E-state index in [2.05, 4.69) is 26.0 Å². The highest BCUT2D eigenvalue weighted by Gasteiger charge is 2.16. The Labute approximate surface area is 161 Å². The minimum absolute atomic E-state index is 0.119. The number of nitrogens with one attached hydrogen (secondary N) is 3. The molecule has 144 valence electrons. The standard InChI is InChI=1S/C17H21N5O4S/c1-3-22-16(25)12-8-5-4-7-11(12)14(21-22)15(24)19-20-17(27)18-10-6-9-13(23)26-2/h4-5,7-8H,3,6,9-10H2,1-2H3,(H,19,24)(H2,18,20,27). The molecule has 1 amide bonds. The Hall–Kier alpha value is -3.01. The number of aryl methyl sites for hydroxylation is 1. The Morgan fingerprint density at radius 3 is 2.59 bits per heavy atom. The monoisotopic (exact) mass is 391 g/mol. The summed E-state index contributed by atoms with van der Waals surface area (Å²) in [6, 6.07) is 6.79. The fraction of sp³-hybridized carbons (Fsp3) is 0.353. The van der Waals surface area contributed by atoms with Crippen LogP contribution in [-0.2, 0) is 16.1 Å². The van der Waals surface area contributed by atoms with E-state index < -0.39 is 5.91 Å². The van der Waals surface area contributed by atoms with Crippen molar-refractivity contribution in [2.75, 3.05) is 13.7 Å². The number of carbonyl (C=O) groups excluding carboxylic acids is 2. The van der Waals surface area contributed by atoms with Crippen molar-refractivity contribution >= 4 is 40.0 Å². The molecular weight excluding hydrogens is 370 g/mol. The van der Waals surface area contributed by atoms with Gasteiger partial charge in [-0.3, -0.25) is 25.2 Å². The largest absolute Gasteiger partial charge is 0.469 e. The molecule has 0 radical (unpaired) electrons. The molecular formula is C17H21N5O4S. The van der Waals surface area contributed by atoms with Gasteiger partial charge in [-0.25, -0.2) is 4.68 Å². The quantitative estimate of drug-likeness (QED) is 0.282. The van der Waals surface area contributed by atoms with Gasteiger partial charge >= 0.3 is 5.97 Å². The van der Waals surface area contributed by atoms with E-state index in [9.17, 15) is 14.4 Å². The van der Waals surface area contributed by atoms with E-state index in [0.717, 1.165) is 0 Å². The van der Waals surface area contributed by atoms with Crippen LogP contribution in [0.4, 0.5) is 0 Å². The predicted octanol–water partition coefficient (Wildman–Crippen LogP) is 0.479. The normalized spacial score (nSPS) is 10.3. The third kappa shape index (κ3) is 5.23. The van der Waals surface area contributed by atoms with E-state index in [4.69, 9.17) is 12.2 Å². The molecule has 9 nitrogen and oxygen atoms in total. The van der Waals surface area contributed by atoms with Crippen LogP contribution in [0.3, 0.4) is 0 Å². The summed E-state index contributed by atoms with van der Waals surface area (Å²) in [5, 5.41) is 8.07. The number of esters is 1. The molecule has 2 aromatic rings. The second kappa shape index (κ2) is 9.62. The van der Waals surface area contributed by atoms with Crippen molar-refractivity contribution in [3.8, 4) is 0 Å². The number of ether oxygens (including phenoxy) is 1. The molecule has 0 saturated heterocycles. The Bertz CT molecular complexity index is 912. The van der Waals surface area contributed by atoms with E-state index >= 15 is 0 Å². The zero-order chi connectivity index (χ0) is 19.8. The Morgan fingerprint density at radius 2 is 1.93 bits per heavy atom. The van der Waals surface area contributed by atoms with Gasteiger partial charge < -0.3 is 10.1 Å². The Balaban J connectivity index is 2.00. The molecule has 2 rings (SSSR count). The van der Waals surface area contributed by atoms with Crippen molar-refractivity contribution in [3.63, 3.8) is 0 Å². The van der Waals surface area contributed by atoms with Crippen LogP contribution in [0.5, 0.6) is 0 Å². The van der Waals surface area contributed by atoms with E-state index in [0.29, 0.717) is 30.3 Å². The number of benzene rings is 1. The molecule has 0 aliphatic heterocycles. The van der Waals surface area contributed by atoms with Crippen LogP contribution < -0.4 is 21.7 Å². The first kappa shape index (κ1) is 20.3. The van der Waals surface area contributed by atoms with Gasteiger partial charge in [0.15, 0.2) is 10.8 Å². The average Bonchev–Trinajstić information content (AvgIpc) is 2.69. The van der Waals surface area contributed by atoms with Gasteiger partial charge in [-0.15, -0.1) is 0 Å². The molecule has 10 heteroatoms. The number of thiocarbonyl (C=S) groups is 1. The molecule has 0 aliphatic carbocycles. The SMILES string of the molecule is CCn1nc(C(=O)NNC(=S)NCCCC(=O)OC)c2ccccc2c1=O. The molecule has 0 saturated carbocycles. The summed E-state index contributed by atoms with van der Waals surface area (Å²) < 4.78 is 5.78. The first-order chi connectivity index (χ1) is 13.0. The van der Waals surface area contributed by atoms with Gasteiger partial charge in [0.1, 0.15) is 0 Å². The topological polar surface area (TPSA) is 114 Å². The van der Waals surface area contributed by atoms with Crippen LogP contribution >= 0.6 is 12.2 Å². The van der Waals surface area contributed by atoms with Gasteiger partial charge in [0.25, 0.3) is 11.5 Å². The smallest absolute Gasteiger partial charge is 0.305 e. The lowest BCUT2D eigenvalue weighted by atomic mass is 10.1. The number of carbonyl (C=O) groups is 2. The molecule has 0 atom stereocenters. The van der Waals surface area contributed by atoms with Crippen LogP contribution in [0.25, 0.3) is 10.8 Å². The second-order valence-electron chi connectivity index (χ2n) is 5.53. The number of aromatic nitrogens is 2. The summed E-state index contributed by atoms with van der Waals surface area (Å²) >= 11 is 5.07. The van der Waals surface area contributed by atoms with Gasteiger partial charge in [0, 0.05) is 24.9 Å². The molecule has 0 aliphatic rings. The lowest BCUT2D eigenvalue weighted by Gasteiger charge is -2.13. The van der Waals surface area contributed by atoms with Gasteiger partial charge in [-0.2, -0.15) is 5.10 Å². The number of fused-ring (bicyclic) bond motifs is 1. The van der Waals surface area contributed by atoms with Crippen LogP contribution in [0.2, 0.25) is 0 Å². The number of methoxy groups -OCH3 is 1. The highest BCUT2D eigenvalue weighted by Crippen LogP contribution is 2.12. The number of amides is 1. The summed E-state index contributed by atoms with van der Waals surface area (Å²) in [6.07, 6.45) is 0.809. The van der Waals surface area contributed by atoms with Crippen LogP contribution in [-0.4, -0.2) is 40.4 Å². The lowest BCUT2D eigenvalue weighted by molar-refractivity contribution is -0.140. The molecule has 0 unspecified atom stereocenters. The summed E-state index contributed by atoms with van der Waals surface area (Å²) in [4.78, 5) is 35.8. The number of hydrogen-bond donors (Lipinski definition) is 3. The van der Waals surface area contributed by atoms with Gasteiger partial charge in [-0.1, -0.05) is 18.2 Å². The van der Waals surface area contributed by atoms with Crippen LogP contribution in [0, 0.1) is 0 Å². The third-order valence-corrected chi connectivity index (χ3v) is 3.99. The Kier molecular flexibility index (Phi) is 7.24. The number of nitrogens with zero attached hydrogens (tertiary/aromatic N) is 2. The second-order valence-corrected chi connectivity index (χ2v) is 5.94. The summed E-state index contributed by atoms with van der Waals surface area (Å²) in [7, 11) is 1.33. The zero-order valence-corrected chi connectivity index (χ0v) is 15.9. The first-order valence-electron chi connectivity index (χ1n) is 8.38. The molecule has 1 aromatic heterocycles. The number of hydrazine groups is 1. The van der Waals surface area contributed by atoms with Crippen LogP contribution in [0.1, 0.15) is 30.3 Å². The molecule has 1 heterocycles. The molecule has 3 N–H and O–H groups in total. The minimum atomic E-state index is -0.521. The fourth-order valence-electron chi connectivity index (χ4n) is 2.37. The van der Waals surface area contributed by atoms with E-state index in [1.165, 1.54) is 11.8 Å². The summed E-state index contributed by atoms with van der Waals surface area (Å²) in [5.41, 5.74) is 4.91.